The van der Waals surface area contributed by atoms with Crippen LogP contribution in [0.5, 0.6) is 11.5 Å². The lowest BCUT2D eigenvalue weighted by atomic mass is 10.1. The number of rotatable bonds is 4. The number of benzene rings is 3. The summed E-state index contributed by atoms with van der Waals surface area (Å²) >= 11 is 0. The molecule has 0 aliphatic carbocycles. The third-order valence-electron chi connectivity index (χ3n) is 3.34. The standard InChI is InChI=1S/C19H17NO3/c1-2-22-17-11-8-16(9-12-17)20-19(21)23-18-10-7-14-5-3-4-6-15(14)13-18/h3-13H,2H2,1H3,(H,20,21). The molecular formula is C19H17NO3. The molecule has 3 rings (SSSR count). The minimum Gasteiger partial charge on any atom is -0.494 e. The molecule has 0 saturated heterocycles. The molecule has 0 aromatic heterocycles. The third kappa shape index (κ3) is 3.80. The lowest BCUT2D eigenvalue weighted by Gasteiger charge is -2.08. The van der Waals surface area contributed by atoms with E-state index in [-0.39, 0.29) is 0 Å². The van der Waals surface area contributed by atoms with Crippen LogP contribution in [0, 0.1) is 0 Å². The van der Waals surface area contributed by atoms with E-state index in [2.05, 4.69) is 5.32 Å². The van der Waals surface area contributed by atoms with Gasteiger partial charge >= 0.3 is 6.09 Å². The minimum atomic E-state index is -0.524. The monoisotopic (exact) mass is 307 g/mol. The Labute approximate surface area is 134 Å². The molecule has 1 N–H and O–H groups in total. The van der Waals surface area contributed by atoms with E-state index in [0.29, 0.717) is 18.0 Å². The fraction of sp³-hybridized carbons (Fsp3) is 0.105. The second kappa shape index (κ2) is 6.83. The highest BCUT2D eigenvalue weighted by molar-refractivity contribution is 5.88. The second-order valence-corrected chi connectivity index (χ2v) is 4.98. The number of carbonyl (C=O) groups excluding carboxylic acids is 1. The second-order valence-electron chi connectivity index (χ2n) is 4.98. The first-order valence-electron chi connectivity index (χ1n) is 7.45. The van der Waals surface area contributed by atoms with Crippen LogP contribution >= 0.6 is 0 Å². The zero-order chi connectivity index (χ0) is 16.1. The number of carbonyl (C=O) groups is 1. The van der Waals surface area contributed by atoms with E-state index in [1.165, 1.54) is 0 Å². The molecule has 4 heteroatoms. The van der Waals surface area contributed by atoms with Crippen molar-refractivity contribution in [2.24, 2.45) is 0 Å². The fourth-order valence-corrected chi connectivity index (χ4v) is 2.28. The van der Waals surface area contributed by atoms with Crippen LogP contribution in [0.3, 0.4) is 0 Å². The van der Waals surface area contributed by atoms with Gasteiger partial charge in [0, 0.05) is 5.69 Å². The lowest BCUT2D eigenvalue weighted by Crippen LogP contribution is -2.16. The molecule has 0 aliphatic rings. The van der Waals surface area contributed by atoms with Crippen molar-refractivity contribution in [3.8, 4) is 11.5 Å². The largest absolute Gasteiger partial charge is 0.494 e. The van der Waals surface area contributed by atoms with Crippen molar-refractivity contribution in [2.45, 2.75) is 6.92 Å². The number of ether oxygens (including phenoxy) is 2. The molecule has 3 aromatic carbocycles. The van der Waals surface area contributed by atoms with Gasteiger partial charge in [0.15, 0.2) is 0 Å². The highest BCUT2D eigenvalue weighted by Crippen LogP contribution is 2.21. The summed E-state index contributed by atoms with van der Waals surface area (Å²) < 4.78 is 10.7. The molecule has 4 nitrogen and oxygen atoms in total. The van der Waals surface area contributed by atoms with Crippen LogP contribution in [0.15, 0.2) is 66.7 Å². The molecule has 0 saturated carbocycles. The van der Waals surface area contributed by atoms with Crippen LogP contribution < -0.4 is 14.8 Å². The number of hydrogen-bond donors (Lipinski definition) is 1. The van der Waals surface area contributed by atoms with Crippen molar-refractivity contribution in [1.29, 1.82) is 0 Å². The lowest BCUT2D eigenvalue weighted by molar-refractivity contribution is 0.215. The van der Waals surface area contributed by atoms with E-state index in [1.54, 1.807) is 30.3 Å². The Kier molecular flexibility index (Phi) is 4.43. The van der Waals surface area contributed by atoms with Gasteiger partial charge in [-0.25, -0.2) is 4.79 Å². The smallest absolute Gasteiger partial charge is 0.417 e. The number of hydrogen-bond acceptors (Lipinski definition) is 3. The summed E-state index contributed by atoms with van der Waals surface area (Å²) in [6, 6.07) is 20.6. The molecule has 0 heterocycles. The van der Waals surface area contributed by atoms with E-state index >= 15 is 0 Å². The Balaban J connectivity index is 1.65. The molecule has 0 spiro atoms. The van der Waals surface area contributed by atoms with Gasteiger partial charge in [0.05, 0.1) is 6.61 Å². The Bertz CT molecular complexity index is 812. The fourth-order valence-electron chi connectivity index (χ4n) is 2.28. The predicted octanol–water partition coefficient (Wildman–Crippen LogP) is 4.85. The Morgan fingerprint density at radius 2 is 1.61 bits per heavy atom. The normalized spacial score (nSPS) is 10.3. The van der Waals surface area contributed by atoms with E-state index in [0.717, 1.165) is 16.5 Å². The highest BCUT2D eigenvalue weighted by atomic mass is 16.6. The maximum atomic E-state index is 12.0. The molecule has 0 bridgehead atoms. The maximum Gasteiger partial charge on any atom is 0.417 e. The summed E-state index contributed by atoms with van der Waals surface area (Å²) in [6.07, 6.45) is -0.524. The molecule has 0 unspecified atom stereocenters. The first kappa shape index (κ1) is 14.9. The Hall–Kier alpha value is -3.01. The van der Waals surface area contributed by atoms with Crippen LogP contribution in [-0.4, -0.2) is 12.7 Å². The van der Waals surface area contributed by atoms with Crippen LogP contribution in [0.2, 0.25) is 0 Å². The molecule has 0 fully saturated rings. The molecule has 0 aliphatic heterocycles. The summed E-state index contributed by atoms with van der Waals surface area (Å²) in [5.74, 6) is 1.27. The Morgan fingerprint density at radius 1 is 0.913 bits per heavy atom. The van der Waals surface area contributed by atoms with Crippen molar-refractivity contribution in [2.75, 3.05) is 11.9 Å². The van der Waals surface area contributed by atoms with Gasteiger partial charge in [0.25, 0.3) is 0 Å². The van der Waals surface area contributed by atoms with Gasteiger partial charge in [-0.15, -0.1) is 0 Å². The molecule has 1 amide bonds. The average molecular weight is 307 g/mol. The number of fused-ring (bicyclic) bond motifs is 1. The van der Waals surface area contributed by atoms with Crippen molar-refractivity contribution in [1.82, 2.24) is 0 Å². The molecule has 3 aromatic rings. The summed E-state index contributed by atoms with van der Waals surface area (Å²) in [6.45, 7) is 2.53. The zero-order valence-electron chi connectivity index (χ0n) is 12.8. The van der Waals surface area contributed by atoms with Gasteiger partial charge in [-0.1, -0.05) is 30.3 Å². The van der Waals surface area contributed by atoms with Gasteiger partial charge in [0.1, 0.15) is 11.5 Å². The summed E-state index contributed by atoms with van der Waals surface area (Å²) in [7, 11) is 0. The first-order valence-corrected chi connectivity index (χ1v) is 7.45. The number of anilines is 1. The van der Waals surface area contributed by atoms with Crippen molar-refractivity contribution >= 4 is 22.6 Å². The maximum absolute atomic E-state index is 12.0. The highest BCUT2D eigenvalue weighted by Gasteiger charge is 2.06. The van der Waals surface area contributed by atoms with Gasteiger partial charge in [-0.05, 0) is 54.1 Å². The van der Waals surface area contributed by atoms with Crippen LogP contribution in [0.1, 0.15) is 6.92 Å². The molecule has 0 atom stereocenters. The molecule has 116 valence electrons. The van der Waals surface area contributed by atoms with Gasteiger partial charge in [-0.2, -0.15) is 0 Å². The van der Waals surface area contributed by atoms with Crippen LogP contribution in [0.25, 0.3) is 10.8 Å². The summed E-state index contributed by atoms with van der Waals surface area (Å²) in [5.41, 5.74) is 0.652. The number of nitrogens with one attached hydrogen (secondary N) is 1. The van der Waals surface area contributed by atoms with E-state index in [4.69, 9.17) is 9.47 Å². The number of amides is 1. The predicted molar refractivity (Wildman–Crippen MR) is 91.2 cm³/mol. The van der Waals surface area contributed by atoms with Gasteiger partial charge in [0.2, 0.25) is 0 Å². The summed E-state index contributed by atoms with van der Waals surface area (Å²) in [5, 5.41) is 4.82. The molecular weight excluding hydrogens is 290 g/mol. The van der Waals surface area contributed by atoms with Gasteiger partial charge < -0.3 is 9.47 Å². The quantitative estimate of drug-likeness (QED) is 0.749. The zero-order valence-corrected chi connectivity index (χ0v) is 12.8. The first-order chi connectivity index (χ1) is 11.2. The summed E-state index contributed by atoms with van der Waals surface area (Å²) in [4.78, 5) is 12.0. The van der Waals surface area contributed by atoms with Crippen LogP contribution in [0.4, 0.5) is 10.5 Å². The van der Waals surface area contributed by atoms with E-state index in [9.17, 15) is 4.79 Å². The van der Waals surface area contributed by atoms with Gasteiger partial charge in [-0.3, -0.25) is 5.32 Å². The van der Waals surface area contributed by atoms with E-state index in [1.807, 2.05) is 43.3 Å². The van der Waals surface area contributed by atoms with Crippen molar-refractivity contribution in [3.05, 3.63) is 66.7 Å². The van der Waals surface area contributed by atoms with Crippen LogP contribution in [-0.2, 0) is 0 Å². The Morgan fingerprint density at radius 3 is 2.35 bits per heavy atom. The minimum absolute atomic E-state index is 0.507. The SMILES string of the molecule is CCOc1ccc(NC(=O)Oc2ccc3ccccc3c2)cc1. The van der Waals surface area contributed by atoms with Crippen molar-refractivity contribution in [3.63, 3.8) is 0 Å². The third-order valence-corrected chi connectivity index (χ3v) is 3.34. The average Bonchev–Trinajstić information content (AvgIpc) is 2.57. The topological polar surface area (TPSA) is 47.6 Å². The molecule has 23 heavy (non-hydrogen) atoms. The molecule has 0 radical (unpaired) electrons. The van der Waals surface area contributed by atoms with Crippen molar-refractivity contribution < 1.29 is 14.3 Å². The van der Waals surface area contributed by atoms with E-state index < -0.39 is 6.09 Å².